The number of hydrogen-bond donors (Lipinski definition) is 3. The second-order valence-corrected chi connectivity index (χ2v) is 29.2. The Bertz CT molecular complexity index is 2410. The molecule has 0 aliphatic carbocycles. The van der Waals surface area contributed by atoms with Gasteiger partial charge in [0.15, 0.2) is 12.2 Å². The molecule has 0 aliphatic heterocycles. The summed E-state index contributed by atoms with van der Waals surface area (Å²) < 4.78 is 68.5. The van der Waals surface area contributed by atoms with Crippen molar-refractivity contribution in [1.29, 1.82) is 0 Å². The van der Waals surface area contributed by atoms with Crippen LogP contribution in [-0.4, -0.2) is 96.7 Å². The first-order chi connectivity index (χ1) is 49.7. The van der Waals surface area contributed by atoms with Crippen molar-refractivity contribution in [3.05, 3.63) is 122 Å². The lowest BCUT2D eigenvalue weighted by Crippen LogP contribution is -2.30. The average Bonchev–Trinajstić information content (AvgIpc) is 0.908. The maximum Gasteiger partial charge on any atom is 0.472 e. The van der Waals surface area contributed by atoms with Crippen LogP contribution in [0, 0.1) is 0 Å². The van der Waals surface area contributed by atoms with Crippen molar-refractivity contribution in [2.45, 2.75) is 341 Å². The molecule has 3 N–H and O–H groups in total. The molecule has 19 heteroatoms. The lowest BCUT2D eigenvalue weighted by molar-refractivity contribution is -0.161. The topological polar surface area (TPSA) is 237 Å². The maximum absolute atomic E-state index is 13.1. The molecule has 0 aromatic heterocycles. The summed E-state index contributed by atoms with van der Waals surface area (Å²) >= 11 is 0. The highest BCUT2D eigenvalue weighted by Crippen LogP contribution is 2.45. The molecule has 0 amide bonds. The molecule has 5 atom stereocenters. The maximum atomic E-state index is 13.1. The molecule has 102 heavy (non-hydrogen) atoms. The Balaban J connectivity index is 5.42. The van der Waals surface area contributed by atoms with Crippen LogP contribution in [0.5, 0.6) is 0 Å². The third-order valence-corrected chi connectivity index (χ3v) is 18.3. The van der Waals surface area contributed by atoms with Crippen LogP contribution in [-0.2, 0) is 65.4 Å². The van der Waals surface area contributed by atoms with E-state index in [0.717, 1.165) is 167 Å². The van der Waals surface area contributed by atoms with Gasteiger partial charge in [0, 0.05) is 25.7 Å². The molecular weight excluding hydrogens is 1330 g/mol. The molecule has 0 radical (unpaired) electrons. The number of unbranched alkanes of at least 4 members (excludes halogenated alkanes) is 28. The number of ether oxygens (including phenoxy) is 4. The van der Waals surface area contributed by atoms with E-state index >= 15 is 0 Å². The van der Waals surface area contributed by atoms with Gasteiger partial charge in [0.25, 0.3) is 0 Å². The lowest BCUT2D eigenvalue weighted by Gasteiger charge is -2.21. The predicted molar refractivity (Wildman–Crippen MR) is 418 cm³/mol. The molecule has 0 bridgehead atoms. The highest BCUT2D eigenvalue weighted by atomic mass is 31.2. The smallest absolute Gasteiger partial charge is 0.462 e. The molecule has 0 aromatic carbocycles. The molecule has 0 spiro atoms. The number of esters is 4. The first-order valence-corrected chi connectivity index (χ1v) is 42.8. The van der Waals surface area contributed by atoms with Gasteiger partial charge in [-0.1, -0.05) is 265 Å². The molecular formula is C83H142O17P2. The number of carbonyl (C=O) groups is 4. The third-order valence-electron chi connectivity index (χ3n) is 16.4. The summed E-state index contributed by atoms with van der Waals surface area (Å²) in [5.41, 5.74) is 0. The fourth-order valence-corrected chi connectivity index (χ4v) is 11.9. The summed E-state index contributed by atoms with van der Waals surface area (Å²) in [6.45, 7) is 4.62. The van der Waals surface area contributed by atoms with Crippen LogP contribution in [0.2, 0.25) is 0 Å². The average molecular weight is 1470 g/mol. The van der Waals surface area contributed by atoms with Crippen LogP contribution in [0.4, 0.5) is 0 Å². The van der Waals surface area contributed by atoms with E-state index in [-0.39, 0.29) is 25.7 Å². The van der Waals surface area contributed by atoms with Gasteiger partial charge in [0.1, 0.15) is 19.3 Å². The molecule has 0 saturated carbocycles. The monoisotopic (exact) mass is 1470 g/mol. The second kappa shape index (κ2) is 74.7. The summed E-state index contributed by atoms with van der Waals surface area (Å²) in [6.07, 6.45) is 81.9. The zero-order valence-corrected chi connectivity index (χ0v) is 65.8. The summed E-state index contributed by atoms with van der Waals surface area (Å²) in [6, 6.07) is 0. The number of phosphoric acid groups is 2. The Morgan fingerprint density at radius 1 is 0.284 bits per heavy atom. The highest BCUT2D eigenvalue weighted by molar-refractivity contribution is 7.47. The van der Waals surface area contributed by atoms with Gasteiger partial charge in [-0.3, -0.25) is 37.3 Å². The standard InChI is InChI=1S/C83H142O17P2/c1-5-9-13-17-21-25-29-33-35-37-38-40-41-45-48-52-56-60-64-68-81(86)94-74-79(100-83(88)70-66-62-58-54-50-46-42-39-36-34-30-26-22-18-14-10-6-2)76-98-102(91,92)96-72-77(84)71-95-101(89,90)97-75-78(99-82(87)69-65-61-57-53-49-44-32-28-24-20-16-12-8-4)73-93-80(85)67-63-59-55-51-47-43-31-27-23-19-15-11-7-3/h10,14,21-22,25-28,31-36,38,40,42,46,54,58,77-79,84H,5-9,11-13,15-20,23-24,29-30,37,39,41,43-45,47-53,55-57,59-76H2,1-4H3,(H,89,90)(H,91,92)/b14-10-,25-21-,26-22-,31-27-,32-28-,35-33-,36-34-,40-38-,46-42-,58-54-. The van der Waals surface area contributed by atoms with Crippen LogP contribution in [0.25, 0.3) is 0 Å². The van der Waals surface area contributed by atoms with Crippen molar-refractivity contribution >= 4 is 39.5 Å². The number of hydrogen-bond acceptors (Lipinski definition) is 15. The number of aliphatic hydroxyl groups excluding tert-OH is 1. The van der Waals surface area contributed by atoms with Gasteiger partial charge >= 0.3 is 39.5 Å². The largest absolute Gasteiger partial charge is 0.472 e. The fraction of sp³-hybridized carbons (Fsp3) is 0.711. The lowest BCUT2D eigenvalue weighted by atomic mass is 10.1. The van der Waals surface area contributed by atoms with Gasteiger partial charge < -0.3 is 33.8 Å². The predicted octanol–water partition coefficient (Wildman–Crippen LogP) is 23.1. The van der Waals surface area contributed by atoms with E-state index in [1.54, 1.807) is 0 Å². The Morgan fingerprint density at radius 2 is 0.520 bits per heavy atom. The molecule has 0 heterocycles. The van der Waals surface area contributed by atoms with E-state index in [4.69, 9.17) is 37.0 Å². The van der Waals surface area contributed by atoms with Crippen molar-refractivity contribution in [3.8, 4) is 0 Å². The van der Waals surface area contributed by atoms with Crippen LogP contribution in [0.3, 0.4) is 0 Å². The Labute approximate surface area is 619 Å². The minimum Gasteiger partial charge on any atom is -0.462 e. The van der Waals surface area contributed by atoms with Gasteiger partial charge in [-0.2, -0.15) is 0 Å². The molecule has 0 aliphatic rings. The van der Waals surface area contributed by atoms with Gasteiger partial charge in [0.2, 0.25) is 0 Å². The summed E-state index contributed by atoms with van der Waals surface area (Å²) in [5.74, 6) is -2.27. The zero-order valence-electron chi connectivity index (χ0n) is 64.0. The molecule has 0 saturated heterocycles. The molecule has 0 fully saturated rings. The quantitative estimate of drug-likeness (QED) is 0.0169. The fourth-order valence-electron chi connectivity index (χ4n) is 10.3. The van der Waals surface area contributed by atoms with E-state index < -0.39 is 97.5 Å². The van der Waals surface area contributed by atoms with Crippen molar-refractivity contribution < 1.29 is 80.2 Å². The van der Waals surface area contributed by atoms with Crippen LogP contribution in [0.1, 0.15) is 323 Å². The molecule has 586 valence electrons. The first-order valence-electron chi connectivity index (χ1n) is 39.8. The minimum absolute atomic E-state index is 0.0112. The summed E-state index contributed by atoms with van der Waals surface area (Å²) in [7, 11) is -9.98. The van der Waals surface area contributed by atoms with Crippen molar-refractivity contribution in [1.82, 2.24) is 0 Å². The van der Waals surface area contributed by atoms with Gasteiger partial charge in [0.05, 0.1) is 26.4 Å². The van der Waals surface area contributed by atoms with E-state index in [2.05, 4.69) is 137 Å². The normalized spacial score (nSPS) is 14.5. The number of carbonyl (C=O) groups excluding carboxylic acids is 4. The van der Waals surface area contributed by atoms with Crippen molar-refractivity contribution in [2.75, 3.05) is 39.6 Å². The number of aliphatic hydroxyl groups is 1. The Kier molecular flexibility index (Phi) is 71.4. The van der Waals surface area contributed by atoms with Crippen molar-refractivity contribution in [2.24, 2.45) is 0 Å². The van der Waals surface area contributed by atoms with E-state index in [1.807, 2.05) is 12.2 Å². The SMILES string of the molecule is CC/C=C\C/C=C\C/C=C\C/C=C\C/C=C\CCCC(=O)OC(COC(=O)CCCCCCCC/C=C\C/C=C\C/C=C\CCCCC)COP(=O)(O)OCC(O)COP(=O)(O)OCC(COC(=O)CCCCCCC/C=C\CCCCCC)OC(=O)CCCCCCC/C=C\CCCCCC. The van der Waals surface area contributed by atoms with Crippen LogP contribution >= 0.6 is 15.6 Å². The number of allylic oxidation sites excluding steroid dienone is 20. The highest BCUT2D eigenvalue weighted by Gasteiger charge is 2.30. The molecule has 0 rings (SSSR count). The minimum atomic E-state index is -5.00. The Morgan fingerprint density at radius 3 is 0.853 bits per heavy atom. The zero-order chi connectivity index (χ0) is 74.6. The van der Waals surface area contributed by atoms with Crippen molar-refractivity contribution in [3.63, 3.8) is 0 Å². The van der Waals surface area contributed by atoms with E-state index in [0.29, 0.717) is 32.1 Å². The van der Waals surface area contributed by atoms with Crippen LogP contribution < -0.4 is 0 Å². The third kappa shape index (κ3) is 73.8. The molecule has 17 nitrogen and oxygen atoms in total. The summed E-state index contributed by atoms with van der Waals surface area (Å²) in [4.78, 5) is 72.9. The van der Waals surface area contributed by atoms with Gasteiger partial charge in [-0.25, -0.2) is 9.13 Å². The first kappa shape index (κ1) is 97.5. The van der Waals surface area contributed by atoms with Gasteiger partial charge in [-0.15, -0.1) is 0 Å². The summed E-state index contributed by atoms with van der Waals surface area (Å²) in [5, 5.41) is 10.6. The second-order valence-electron chi connectivity index (χ2n) is 26.3. The molecule has 0 aromatic rings. The van der Waals surface area contributed by atoms with E-state index in [9.17, 15) is 43.2 Å². The number of rotatable bonds is 74. The van der Waals surface area contributed by atoms with E-state index in [1.165, 1.54) is 70.6 Å². The van der Waals surface area contributed by atoms with Gasteiger partial charge in [-0.05, 0) is 154 Å². The van der Waals surface area contributed by atoms with Crippen LogP contribution in [0.15, 0.2) is 122 Å². The number of phosphoric ester groups is 2. The Hall–Kier alpha value is -4.54. The molecule has 5 unspecified atom stereocenters.